The highest BCUT2D eigenvalue weighted by Crippen LogP contribution is 2.30. The number of halogens is 1. The van der Waals surface area contributed by atoms with Gasteiger partial charge in [-0.2, -0.15) is 0 Å². The first-order valence-corrected chi connectivity index (χ1v) is 8.11. The summed E-state index contributed by atoms with van der Waals surface area (Å²) in [7, 11) is 0. The summed E-state index contributed by atoms with van der Waals surface area (Å²) >= 11 is 3.42. The van der Waals surface area contributed by atoms with Crippen molar-refractivity contribution in [2.75, 3.05) is 11.4 Å². The van der Waals surface area contributed by atoms with Crippen LogP contribution in [0.25, 0.3) is 0 Å². The molecule has 1 aliphatic rings. The monoisotopic (exact) mass is 352 g/mol. The van der Waals surface area contributed by atoms with Crippen LogP contribution in [0, 0.1) is 12.8 Å². The van der Waals surface area contributed by atoms with Gasteiger partial charge in [-0.15, -0.1) is 0 Å². The molecule has 0 spiro atoms. The maximum Gasteiger partial charge on any atom is 0.239 e. The van der Waals surface area contributed by atoms with Gasteiger partial charge < -0.3 is 10.2 Å². The molecule has 1 N–H and O–H groups in total. The lowest BCUT2D eigenvalue weighted by Gasteiger charge is -2.20. The Morgan fingerprint density at radius 3 is 2.86 bits per heavy atom. The molecule has 0 radical (unpaired) electrons. The molecule has 0 saturated carbocycles. The molecule has 2 atom stereocenters. The minimum absolute atomic E-state index is 0.0961. The minimum Gasteiger partial charge on any atom is -0.353 e. The Bertz CT molecular complexity index is 559. The van der Waals surface area contributed by atoms with Gasteiger partial charge >= 0.3 is 0 Å². The van der Waals surface area contributed by atoms with Crippen molar-refractivity contribution in [3.63, 3.8) is 0 Å². The van der Waals surface area contributed by atoms with Crippen LogP contribution >= 0.6 is 15.9 Å². The van der Waals surface area contributed by atoms with Gasteiger partial charge in [0.25, 0.3) is 0 Å². The second-order valence-electron chi connectivity index (χ2n) is 5.58. The lowest BCUT2D eigenvalue weighted by atomic mass is 10.1. The number of rotatable bonds is 4. The van der Waals surface area contributed by atoms with Crippen molar-refractivity contribution in [1.29, 1.82) is 0 Å². The fraction of sp³-hybridized carbons (Fsp3) is 0.500. The quantitative estimate of drug-likeness (QED) is 0.846. The minimum atomic E-state index is -0.554. The summed E-state index contributed by atoms with van der Waals surface area (Å²) in [5, 5.41) is 2.90. The SMILES string of the molecule is CC[C@H](C)NC(=O)[C@H]1CCN(c2ccc(Br)cc2C)C1=O. The summed E-state index contributed by atoms with van der Waals surface area (Å²) in [6.45, 7) is 6.53. The maximum atomic E-state index is 12.5. The number of amides is 2. The van der Waals surface area contributed by atoms with Gasteiger partial charge in [0.15, 0.2) is 0 Å². The molecular formula is C16H21BrN2O2. The van der Waals surface area contributed by atoms with Crippen LogP contribution in [-0.2, 0) is 9.59 Å². The molecular weight excluding hydrogens is 332 g/mol. The van der Waals surface area contributed by atoms with E-state index < -0.39 is 5.92 Å². The normalized spacial score (nSPS) is 19.7. The number of aryl methyl sites for hydroxylation is 1. The Labute approximate surface area is 134 Å². The molecule has 114 valence electrons. The Kier molecular flexibility index (Phi) is 5.04. The Morgan fingerprint density at radius 1 is 1.52 bits per heavy atom. The molecule has 2 rings (SSSR count). The Morgan fingerprint density at radius 2 is 2.24 bits per heavy atom. The molecule has 21 heavy (non-hydrogen) atoms. The summed E-state index contributed by atoms with van der Waals surface area (Å²) in [6, 6.07) is 5.93. The van der Waals surface area contributed by atoms with E-state index in [0.29, 0.717) is 13.0 Å². The van der Waals surface area contributed by atoms with Gasteiger partial charge in [0, 0.05) is 22.7 Å². The van der Waals surface area contributed by atoms with Gasteiger partial charge in [0.1, 0.15) is 5.92 Å². The van der Waals surface area contributed by atoms with Crippen LogP contribution < -0.4 is 10.2 Å². The van der Waals surface area contributed by atoms with Gasteiger partial charge in [-0.05, 0) is 50.5 Å². The molecule has 2 amide bonds. The number of benzene rings is 1. The molecule has 1 aromatic carbocycles. The van der Waals surface area contributed by atoms with Gasteiger partial charge in [-0.1, -0.05) is 22.9 Å². The van der Waals surface area contributed by atoms with E-state index in [0.717, 1.165) is 22.1 Å². The Balaban J connectivity index is 2.13. The molecule has 5 heteroatoms. The van der Waals surface area contributed by atoms with E-state index in [2.05, 4.69) is 21.2 Å². The summed E-state index contributed by atoms with van der Waals surface area (Å²) in [5.41, 5.74) is 1.92. The fourth-order valence-electron chi connectivity index (χ4n) is 2.53. The van der Waals surface area contributed by atoms with Gasteiger partial charge in [0.05, 0.1) is 0 Å². The van der Waals surface area contributed by atoms with Crippen molar-refractivity contribution >= 4 is 33.4 Å². The molecule has 1 fully saturated rings. The lowest BCUT2D eigenvalue weighted by molar-refractivity contribution is -0.132. The van der Waals surface area contributed by atoms with Crippen LogP contribution in [-0.4, -0.2) is 24.4 Å². The van der Waals surface area contributed by atoms with Crippen molar-refractivity contribution in [3.8, 4) is 0 Å². The van der Waals surface area contributed by atoms with Crippen LogP contribution in [0.2, 0.25) is 0 Å². The smallest absolute Gasteiger partial charge is 0.239 e. The predicted molar refractivity (Wildman–Crippen MR) is 87.2 cm³/mol. The number of carbonyl (C=O) groups excluding carboxylic acids is 2. The zero-order chi connectivity index (χ0) is 15.6. The van der Waals surface area contributed by atoms with Gasteiger partial charge in [-0.25, -0.2) is 0 Å². The first-order valence-electron chi connectivity index (χ1n) is 7.32. The zero-order valence-electron chi connectivity index (χ0n) is 12.6. The number of hydrogen-bond acceptors (Lipinski definition) is 2. The highest BCUT2D eigenvalue weighted by molar-refractivity contribution is 9.10. The zero-order valence-corrected chi connectivity index (χ0v) is 14.2. The van der Waals surface area contributed by atoms with Crippen molar-refractivity contribution in [2.24, 2.45) is 5.92 Å². The summed E-state index contributed by atoms with van der Waals surface area (Å²) in [6.07, 6.45) is 1.44. The van der Waals surface area contributed by atoms with E-state index in [9.17, 15) is 9.59 Å². The second kappa shape index (κ2) is 6.60. The summed E-state index contributed by atoms with van der Waals surface area (Å²) in [5.74, 6) is -0.796. The maximum absolute atomic E-state index is 12.5. The number of nitrogens with zero attached hydrogens (tertiary/aromatic N) is 1. The molecule has 1 aromatic rings. The third kappa shape index (κ3) is 3.46. The van der Waals surface area contributed by atoms with Gasteiger partial charge in [-0.3, -0.25) is 9.59 Å². The first kappa shape index (κ1) is 16.0. The molecule has 1 saturated heterocycles. The van der Waals surface area contributed by atoms with Crippen molar-refractivity contribution in [2.45, 2.75) is 39.7 Å². The van der Waals surface area contributed by atoms with Crippen molar-refractivity contribution < 1.29 is 9.59 Å². The average Bonchev–Trinajstić information content (AvgIpc) is 2.80. The number of carbonyl (C=O) groups is 2. The van der Waals surface area contributed by atoms with Crippen LogP contribution in [0.5, 0.6) is 0 Å². The molecule has 1 heterocycles. The third-order valence-electron chi connectivity index (χ3n) is 3.97. The van der Waals surface area contributed by atoms with E-state index in [1.807, 2.05) is 39.0 Å². The van der Waals surface area contributed by atoms with Crippen LogP contribution in [0.1, 0.15) is 32.3 Å². The molecule has 0 bridgehead atoms. The molecule has 4 nitrogen and oxygen atoms in total. The fourth-order valence-corrected chi connectivity index (χ4v) is 3.01. The molecule has 0 aliphatic carbocycles. The molecule has 1 aliphatic heterocycles. The van der Waals surface area contributed by atoms with E-state index in [1.165, 1.54) is 0 Å². The standard InChI is InChI=1S/C16H21BrN2O2/c1-4-11(3)18-15(20)13-7-8-19(16(13)21)14-6-5-12(17)9-10(14)2/h5-6,9,11,13H,4,7-8H2,1-3H3,(H,18,20)/t11-,13+/m0/s1. The summed E-state index contributed by atoms with van der Waals surface area (Å²) < 4.78 is 0.987. The molecule has 0 unspecified atom stereocenters. The van der Waals surface area contributed by atoms with Crippen LogP contribution in [0.3, 0.4) is 0 Å². The van der Waals surface area contributed by atoms with E-state index in [1.54, 1.807) is 4.90 Å². The van der Waals surface area contributed by atoms with Crippen molar-refractivity contribution in [1.82, 2.24) is 5.32 Å². The Hall–Kier alpha value is -1.36. The second-order valence-corrected chi connectivity index (χ2v) is 6.50. The number of nitrogens with one attached hydrogen (secondary N) is 1. The third-order valence-corrected chi connectivity index (χ3v) is 4.47. The highest BCUT2D eigenvalue weighted by Gasteiger charge is 2.38. The van der Waals surface area contributed by atoms with Crippen molar-refractivity contribution in [3.05, 3.63) is 28.2 Å². The number of anilines is 1. The average molecular weight is 353 g/mol. The number of hydrogen-bond donors (Lipinski definition) is 1. The lowest BCUT2D eigenvalue weighted by Crippen LogP contribution is -2.40. The van der Waals surface area contributed by atoms with E-state index in [4.69, 9.17) is 0 Å². The first-order chi connectivity index (χ1) is 9.93. The largest absolute Gasteiger partial charge is 0.353 e. The highest BCUT2D eigenvalue weighted by atomic mass is 79.9. The predicted octanol–water partition coefficient (Wildman–Crippen LogP) is 3.03. The van der Waals surface area contributed by atoms with Crippen LogP contribution in [0.4, 0.5) is 5.69 Å². The van der Waals surface area contributed by atoms with E-state index >= 15 is 0 Å². The van der Waals surface area contributed by atoms with E-state index in [-0.39, 0.29) is 17.9 Å². The topological polar surface area (TPSA) is 49.4 Å². The van der Waals surface area contributed by atoms with Crippen LogP contribution in [0.15, 0.2) is 22.7 Å². The summed E-state index contributed by atoms with van der Waals surface area (Å²) in [4.78, 5) is 26.4. The van der Waals surface area contributed by atoms with Gasteiger partial charge in [0.2, 0.25) is 11.8 Å². The molecule has 0 aromatic heterocycles.